The molecule has 0 aliphatic rings. The Hall–Kier alpha value is -4.06. The first-order chi connectivity index (χ1) is 16.5. The molecule has 0 heterocycles. The second kappa shape index (κ2) is 12.8. The van der Waals surface area contributed by atoms with Gasteiger partial charge in [0.1, 0.15) is 11.8 Å². The van der Waals surface area contributed by atoms with Crippen molar-refractivity contribution in [2.24, 2.45) is 0 Å². The summed E-state index contributed by atoms with van der Waals surface area (Å²) in [6.45, 7) is 2.90. The monoisotopic (exact) mass is 457 g/mol. The van der Waals surface area contributed by atoms with E-state index in [1.54, 1.807) is 13.2 Å². The summed E-state index contributed by atoms with van der Waals surface area (Å²) in [6, 6.07) is 24.1. The summed E-state index contributed by atoms with van der Waals surface area (Å²) in [5, 5.41) is 9.06. The third kappa shape index (κ3) is 7.81. The van der Waals surface area contributed by atoms with Crippen LogP contribution < -0.4 is 20.7 Å². The van der Waals surface area contributed by atoms with E-state index in [0.29, 0.717) is 25.1 Å². The van der Waals surface area contributed by atoms with Gasteiger partial charge in [0.25, 0.3) is 5.91 Å². The maximum atomic E-state index is 12.9. The Bertz CT molecular complexity index is 1100. The summed E-state index contributed by atoms with van der Waals surface area (Å²) >= 11 is 0. The number of methoxy groups -OCH3 is 1. The molecule has 1 unspecified atom stereocenters. The number of anilines is 1. The third-order valence-corrected chi connectivity index (χ3v) is 5.23. The molecule has 3 aromatic carbocycles. The number of hydrogen-bond donors (Lipinski definition) is 3. The number of benzene rings is 3. The first-order valence-electron chi connectivity index (χ1n) is 11.3. The van der Waals surface area contributed by atoms with Gasteiger partial charge in [-0.25, -0.2) is 0 Å². The van der Waals surface area contributed by atoms with Gasteiger partial charge in [0.05, 0.1) is 7.11 Å². The lowest BCUT2D eigenvalue weighted by atomic mass is 10.1. The normalized spacial score (nSPS) is 11.6. The second-order valence-electron chi connectivity index (χ2n) is 7.89. The molecule has 0 saturated heterocycles. The van der Waals surface area contributed by atoms with Gasteiger partial charge < -0.3 is 20.7 Å². The van der Waals surface area contributed by atoms with Crippen LogP contribution in [0.5, 0.6) is 5.75 Å². The van der Waals surface area contributed by atoms with Gasteiger partial charge in [0.15, 0.2) is 0 Å². The van der Waals surface area contributed by atoms with Gasteiger partial charge in [-0.15, -0.1) is 0 Å². The van der Waals surface area contributed by atoms with E-state index in [1.165, 1.54) is 0 Å². The zero-order valence-corrected chi connectivity index (χ0v) is 19.6. The molecule has 6 heteroatoms. The SMILES string of the molecule is COc1ccc(NCCNC(=O)C(CC=Cc2ccccc2)NC(=O)c2cccc(C)c2)cc1. The molecule has 0 aliphatic carbocycles. The number of nitrogens with one attached hydrogen (secondary N) is 3. The molecular formula is C28H31N3O3. The van der Waals surface area contributed by atoms with Gasteiger partial charge >= 0.3 is 0 Å². The summed E-state index contributed by atoms with van der Waals surface area (Å²) < 4.78 is 5.16. The average molecular weight is 458 g/mol. The predicted molar refractivity (Wildman–Crippen MR) is 137 cm³/mol. The summed E-state index contributed by atoms with van der Waals surface area (Å²) in [5.41, 5.74) is 3.49. The van der Waals surface area contributed by atoms with E-state index in [9.17, 15) is 9.59 Å². The number of carbonyl (C=O) groups excluding carboxylic acids is 2. The Labute approximate surface area is 201 Å². The highest BCUT2D eigenvalue weighted by atomic mass is 16.5. The Morgan fingerprint density at radius 1 is 0.941 bits per heavy atom. The van der Waals surface area contributed by atoms with Crippen LogP contribution in [0.4, 0.5) is 5.69 Å². The highest BCUT2D eigenvalue weighted by Crippen LogP contribution is 2.14. The lowest BCUT2D eigenvalue weighted by Crippen LogP contribution is -2.47. The van der Waals surface area contributed by atoms with Crippen LogP contribution in [-0.2, 0) is 4.79 Å². The van der Waals surface area contributed by atoms with Gasteiger partial charge in [-0.05, 0) is 55.3 Å². The molecule has 1 atom stereocenters. The summed E-state index contributed by atoms with van der Waals surface area (Å²) in [6.07, 6.45) is 4.24. The number of hydrogen-bond acceptors (Lipinski definition) is 4. The van der Waals surface area contributed by atoms with E-state index < -0.39 is 6.04 Å². The molecule has 3 N–H and O–H groups in total. The van der Waals surface area contributed by atoms with E-state index in [0.717, 1.165) is 22.6 Å². The fourth-order valence-corrected chi connectivity index (χ4v) is 3.39. The summed E-state index contributed by atoms with van der Waals surface area (Å²) in [7, 11) is 1.63. The Kier molecular flexibility index (Phi) is 9.29. The van der Waals surface area contributed by atoms with Crippen LogP contribution in [0.2, 0.25) is 0 Å². The van der Waals surface area contributed by atoms with E-state index in [1.807, 2.05) is 91.9 Å². The molecule has 2 amide bonds. The molecule has 0 radical (unpaired) electrons. The molecule has 6 nitrogen and oxygen atoms in total. The largest absolute Gasteiger partial charge is 0.497 e. The van der Waals surface area contributed by atoms with Crippen molar-refractivity contribution in [3.05, 3.63) is 102 Å². The second-order valence-corrected chi connectivity index (χ2v) is 7.89. The van der Waals surface area contributed by atoms with Crippen LogP contribution in [0, 0.1) is 6.92 Å². The molecule has 0 aromatic heterocycles. The fourth-order valence-electron chi connectivity index (χ4n) is 3.39. The minimum absolute atomic E-state index is 0.227. The number of rotatable bonds is 11. The van der Waals surface area contributed by atoms with Crippen molar-refractivity contribution in [2.75, 3.05) is 25.5 Å². The number of ether oxygens (including phenoxy) is 1. The van der Waals surface area contributed by atoms with Crippen molar-refractivity contribution >= 4 is 23.6 Å². The van der Waals surface area contributed by atoms with Gasteiger partial charge in [-0.1, -0.05) is 60.2 Å². The van der Waals surface area contributed by atoms with Crippen LogP contribution in [0.1, 0.15) is 27.9 Å². The predicted octanol–water partition coefficient (Wildman–Crippen LogP) is 4.43. The van der Waals surface area contributed by atoms with Crippen LogP contribution in [0.3, 0.4) is 0 Å². The van der Waals surface area contributed by atoms with Crippen molar-refractivity contribution < 1.29 is 14.3 Å². The zero-order valence-electron chi connectivity index (χ0n) is 19.6. The Morgan fingerprint density at radius 2 is 1.71 bits per heavy atom. The zero-order chi connectivity index (χ0) is 24.2. The molecule has 0 bridgehead atoms. The van der Waals surface area contributed by atoms with E-state index in [2.05, 4.69) is 16.0 Å². The van der Waals surface area contributed by atoms with E-state index in [4.69, 9.17) is 4.74 Å². The lowest BCUT2D eigenvalue weighted by molar-refractivity contribution is -0.122. The smallest absolute Gasteiger partial charge is 0.251 e. The van der Waals surface area contributed by atoms with Crippen molar-refractivity contribution in [3.63, 3.8) is 0 Å². The van der Waals surface area contributed by atoms with Crippen LogP contribution >= 0.6 is 0 Å². The molecule has 0 spiro atoms. The molecule has 0 fully saturated rings. The fraction of sp³-hybridized carbons (Fsp3) is 0.214. The lowest BCUT2D eigenvalue weighted by Gasteiger charge is -2.18. The van der Waals surface area contributed by atoms with Gasteiger partial charge in [-0.2, -0.15) is 0 Å². The molecule has 34 heavy (non-hydrogen) atoms. The van der Waals surface area contributed by atoms with E-state index in [-0.39, 0.29) is 11.8 Å². The van der Waals surface area contributed by atoms with E-state index >= 15 is 0 Å². The minimum atomic E-state index is -0.686. The van der Waals surface area contributed by atoms with Gasteiger partial charge in [-0.3, -0.25) is 9.59 Å². The molecule has 3 aromatic rings. The average Bonchev–Trinajstić information content (AvgIpc) is 2.86. The highest BCUT2D eigenvalue weighted by Gasteiger charge is 2.20. The van der Waals surface area contributed by atoms with Gasteiger partial charge in [0, 0.05) is 24.3 Å². The highest BCUT2D eigenvalue weighted by molar-refractivity contribution is 5.97. The van der Waals surface area contributed by atoms with Crippen molar-refractivity contribution in [1.29, 1.82) is 0 Å². The molecule has 0 saturated carbocycles. The van der Waals surface area contributed by atoms with Crippen molar-refractivity contribution in [2.45, 2.75) is 19.4 Å². The molecule has 176 valence electrons. The first-order valence-corrected chi connectivity index (χ1v) is 11.3. The number of carbonyl (C=O) groups is 2. The van der Waals surface area contributed by atoms with Crippen LogP contribution in [-0.4, -0.2) is 38.1 Å². The summed E-state index contributed by atoms with van der Waals surface area (Å²) in [5.74, 6) is 0.290. The summed E-state index contributed by atoms with van der Waals surface area (Å²) in [4.78, 5) is 25.7. The maximum Gasteiger partial charge on any atom is 0.251 e. The minimum Gasteiger partial charge on any atom is -0.497 e. The first kappa shape index (κ1) is 24.6. The van der Waals surface area contributed by atoms with Crippen molar-refractivity contribution in [1.82, 2.24) is 10.6 Å². The van der Waals surface area contributed by atoms with Crippen molar-refractivity contribution in [3.8, 4) is 5.75 Å². The van der Waals surface area contributed by atoms with Gasteiger partial charge in [0.2, 0.25) is 5.91 Å². The standard InChI is InChI=1S/C28H31N3O3/c1-21-8-6-12-23(20-21)27(32)31-26(13-7-11-22-9-4-3-5-10-22)28(33)30-19-18-29-24-14-16-25(34-2)17-15-24/h3-12,14-17,20,26,29H,13,18-19H2,1-2H3,(H,30,33)(H,31,32). The quantitative estimate of drug-likeness (QED) is 0.372. The Morgan fingerprint density at radius 3 is 2.41 bits per heavy atom. The molecule has 0 aliphatic heterocycles. The Balaban J connectivity index is 1.58. The molecule has 3 rings (SSSR count). The van der Waals surface area contributed by atoms with Crippen LogP contribution in [0.15, 0.2) is 84.9 Å². The topological polar surface area (TPSA) is 79.5 Å². The number of amides is 2. The maximum absolute atomic E-state index is 12.9. The third-order valence-electron chi connectivity index (χ3n) is 5.23. The molecular weight excluding hydrogens is 426 g/mol. The van der Waals surface area contributed by atoms with Crippen LogP contribution in [0.25, 0.3) is 6.08 Å². The number of aryl methyl sites for hydroxylation is 1.